The quantitative estimate of drug-likeness (QED) is 0.502. The first-order chi connectivity index (χ1) is 14.6. The normalized spacial score (nSPS) is 17.7. The van der Waals surface area contributed by atoms with Gasteiger partial charge < -0.3 is 19.1 Å². The Morgan fingerprint density at radius 2 is 2.03 bits per heavy atom. The third-order valence-electron chi connectivity index (χ3n) is 4.95. The van der Waals surface area contributed by atoms with E-state index in [2.05, 4.69) is 4.98 Å². The molecule has 0 bridgehead atoms. The zero-order valence-electron chi connectivity index (χ0n) is 18.6. The number of rotatable bonds is 7. The SMILES string of the molecule is [B]c1c(Cc2ccc(F)cc2)cnc(C(=O)OC(C)C)c1N(C)C[C@@H]1COC(C)(C)O1. The monoisotopic (exact) mass is 426 g/mol. The standard InChI is InChI=1S/C23H28BFN2O4/c1-14(2)30-22(28)20-21(27(5)12-18-13-29-23(3,4)31-18)19(24)16(11-26-20)10-15-6-8-17(25)9-7-15/h6-9,11,14,18H,10,12-13H2,1-5H3/t18-/m1/s1. The van der Waals surface area contributed by atoms with Gasteiger partial charge in [-0.25, -0.2) is 14.2 Å². The number of aromatic nitrogens is 1. The maximum atomic E-state index is 13.3. The van der Waals surface area contributed by atoms with E-state index in [-0.39, 0.29) is 23.7 Å². The van der Waals surface area contributed by atoms with Crippen LogP contribution >= 0.6 is 0 Å². The van der Waals surface area contributed by atoms with E-state index in [1.807, 2.05) is 25.8 Å². The average molecular weight is 426 g/mol. The van der Waals surface area contributed by atoms with Gasteiger partial charge in [0.15, 0.2) is 11.5 Å². The van der Waals surface area contributed by atoms with Crippen LogP contribution in [0.5, 0.6) is 0 Å². The van der Waals surface area contributed by atoms with Gasteiger partial charge in [0.1, 0.15) is 19.8 Å². The van der Waals surface area contributed by atoms with Crippen LogP contribution in [0.2, 0.25) is 0 Å². The number of carbonyl (C=O) groups excluding carboxylic acids is 1. The summed E-state index contributed by atoms with van der Waals surface area (Å²) in [5, 5.41) is 0. The van der Waals surface area contributed by atoms with Crippen LogP contribution in [-0.2, 0) is 20.6 Å². The number of ether oxygens (including phenoxy) is 3. The summed E-state index contributed by atoms with van der Waals surface area (Å²) in [6.07, 6.45) is 1.55. The summed E-state index contributed by atoms with van der Waals surface area (Å²) in [7, 11) is 8.35. The summed E-state index contributed by atoms with van der Waals surface area (Å²) in [5.41, 5.74) is 2.68. The van der Waals surface area contributed by atoms with Gasteiger partial charge in [-0.15, -0.1) is 0 Å². The Morgan fingerprint density at radius 1 is 1.35 bits per heavy atom. The molecule has 0 spiro atoms. The third-order valence-corrected chi connectivity index (χ3v) is 4.95. The van der Waals surface area contributed by atoms with Crippen LogP contribution in [0.25, 0.3) is 0 Å². The van der Waals surface area contributed by atoms with Crippen LogP contribution in [0.1, 0.15) is 49.3 Å². The predicted octanol–water partition coefficient (Wildman–Crippen LogP) is 2.76. The van der Waals surface area contributed by atoms with Crippen molar-refractivity contribution in [3.63, 3.8) is 0 Å². The minimum Gasteiger partial charge on any atom is -0.458 e. The molecule has 1 saturated heterocycles. The van der Waals surface area contributed by atoms with Gasteiger partial charge in [-0.05, 0) is 57.4 Å². The van der Waals surface area contributed by atoms with Gasteiger partial charge in [-0.2, -0.15) is 0 Å². The van der Waals surface area contributed by atoms with Gasteiger partial charge in [0.25, 0.3) is 0 Å². The van der Waals surface area contributed by atoms with E-state index >= 15 is 0 Å². The van der Waals surface area contributed by atoms with E-state index < -0.39 is 11.8 Å². The fourth-order valence-corrected chi connectivity index (χ4v) is 3.57. The van der Waals surface area contributed by atoms with Crippen LogP contribution in [0.3, 0.4) is 0 Å². The number of carbonyl (C=O) groups is 1. The van der Waals surface area contributed by atoms with Crippen molar-refractivity contribution >= 4 is 25.0 Å². The Bertz CT molecular complexity index is 934. The summed E-state index contributed by atoms with van der Waals surface area (Å²) in [6, 6.07) is 6.20. The van der Waals surface area contributed by atoms with Crippen molar-refractivity contribution in [2.45, 2.75) is 52.1 Å². The number of esters is 1. The number of pyridine rings is 1. The van der Waals surface area contributed by atoms with Crippen LogP contribution < -0.4 is 10.4 Å². The highest BCUT2D eigenvalue weighted by Gasteiger charge is 2.34. The summed E-state index contributed by atoms with van der Waals surface area (Å²) in [4.78, 5) is 19.0. The summed E-state index contributed by atoms with van der Waals surface area (Å²) >= 11 is 0. The first-order valence-electron chi connectivity index (χ1n) is 10.3. The summed E-state index contributed by atoms with van der Waals surface area (Å²) in [5.74, 6) is -1.50. The van der Waals surface area contributed by atoms with Gasteiger partial charge in [-0.1, -0.05) is 17.6 Å². The van der Waals surface area contributed by atoms with Gasteiger partial charge in [-0.3, -0.25) is 0 Å². The van der Waals surface area contributed by atoms with E-state index in [0.29, 0.717) is 30.7 Å². The number of nitrogens with zero attached hydrogens (tertiary/aromatic N) is 2. The Balaban J connectivity index is 1.93. The van der Waals surface area contributed by atoms with Crippen molar-refractivity contribution in [2.75, 3.05) is 25.1 Å². The maximum Gasteiger partial charge on any atom is 0.359 e. The van der Waals surface area contributed by atoms with Crippen molar-refractivity contribution in [1.29, 1.82) is 0 Å². The van der Waals surface area contributed by atoms with E-state index in [4.69, 9.17) is 22.1 Å². The molecule has 0 N–H and O–H groups in total. The number of halogens is 1. The molecule has 6 nitrogen and oxygen atoms in total. The molecule has 0 aliphatic carbocycles. The highest BCUT2D eigenvalue weighted by Crippen LogP contribution is 2.25. The molecule has 0 amide bonds. The third kappa shape index (κ3) is 5.83. The lowest BCUT2D eigenvalue weighted by Gasteiger charge is -2.28. The van der Waals surface area contributed by atoms with Crippen molar-refractivity contribution < 1.29 is 23.4 Å². The number of likely N-dealkylation sites (N-methyl/N-ethyl adjacent to an activating group) is 1. The van der Waals surface area contributed by atoms with Crippen LogP contribution in [0.15, 0.2) is 30.5 Å². The van der Waals surface area contributed by atoms with E-state index in [1.54, 1.807) is 32.2 Å². The molecule has 1 aromatic carbocycles. The fraction of sp³-hybridized carbons (Fsp3) is 0.478. The molecule has 0 unspecified atom stereocenters. The van der Waals surface area contributed by atoms with Gasteiger partial charge in [0.05, 0.1) is 18.4 Å². The van der Waals surface area contributed by atoms with Gasteiger partial charge >= 0.3 is 5.97 Å². The van der Waals surface area contributed by atoms with Crippen molar-refractivity contribution in [2.24, 2.45) is 0 Å². The molecule has 1 aromatic heterocycles. The zero-order chi connectivity index (χ0) is 22.8. The lowest BCUT2D eigenvalue weighted by Crippen LogP contribution is -2.37. The summed E-state index contributed by atoms with van der Waals surface area (Å²) < 4.78 is 30.2. The molecule has 0 saturated carbocycles. The highest BCUT2D eigenvalue weighted by molar-refractivity contribution is 6.37. The minimum atomic E-state index is -0.654. The lowest BCUT2D eigenvalue weighted by atomic mass is 9.85. The molecule has 1 aliphatic heterocycles. The number of hydrogen-bond donors (Lipinski definition) is 0. The van der Waals surface area contributed by atoms with E-state index in [1.165, 1.54) is 12.1 Å². The lowest BCUT2D eigenvalue weighted by molar-refractivity contribution is -0.137. The minimum absolute atomic E-state index is 0.148. The molecule has 2 radical (unpaired) electrons. The zero-order valence-corrected chi connectivity index (χ0v) is 18.6. The second-order valence-corrected chi connectivity index (χ2v) is 8.48. The molecular formula is C23H28BFN2O4. The van der Waals surface area contributed by atoms with Crippen LogP contribution in [0, 0.1) is 5.82 Å². The second kappa shape index (κ2) is 9.36. The molecule has 1 aliphatic rings. The molecule has 3 rings (SSSR count). The average Bonchev–Trinajstić information content (AvgIpc) is 3.02. The maximum absolute atomic E-state index is 13.3. The van der Waals surface area contributed by atoms with Crippen molar-refractivity contribution in [1.82, 2.24) is 4.98 Å². The van der Waals surface area contributed by atoms with Crippen molar-refractivity contribution in [3.05, 3.63) is 53.1 Å². The number of hydrogen-bond acceptors (Lipinski definition) is 6. The Labute approximate surface area is 184 Å². The summed E-state index contributed by atoms with van der Waals surface area (Å²) in [6.45, 7) is 8.16. The molecule has 2 aromatic rings. The Morgan fingerprint density at radius 3 is 2.61 bits per heavy atom. The van der Waals surface area contributed by atoms with Crippen LogP contribution in [-0.4, -0.2) is 57.0 Å². The van der Waals surface area contributed by atoms with E-state index in [9.17, 15) is 9.18 Å². The van der Waals surface area contributed by atoms with E-state index in [0.717, 1.165) is 11.1 Å². The Hall–Kier alpha value is -2.45. The molecular weight excluding hydrogens is 398 g/mol. The van der Waals surface area contributed by atoms with Crippen molar-refractivity contribution in [3.8, 4) is 0 Å². The first kappa shape index (κ1) is 23.2. The number of benzene rings is 1. The van der Waals surface area contributed by atoms with Crippen LogP contribution in [0.4, 0.5) is 10.1 Å². The largest absolute Gasteiger partial charge is 0.458 e. The number of anilines is 1. The Kier molecular flexibility index (Phi) is 7.01. The predicted molar refractivity (Wildman–Crippen MR) is 118 cm³/mol. The second-order valence-electron chi connectivity index (χ2n) is 8.48. The fourth-order valence-electron chi connectivity index (χ4n) is 3.57. The van der Waals surface area contributed by atoms with Gasteiger partial charge in [0.2, 0.25) is 0 Å². The van der Waals surface area contributed by atoms with Gasteiger partial charge in [0, 0.05) is 19.8 Å². The highest BCUT2D eigenvalue weighted by atomic mass is 19.1. The first-order valence-corrected chi connectivity index (χ1v) is 10.3. The molecule has 31 heavy (non-hydrogen) atoms. The topological polar surface area (TPSA) is 60.9 Å². The molecule has 1 fully saturated rings. The molecule has 2 heterocycles. The molecule has 8 heteroatoms. The smallest absolute Gasteiger partial charge is 0.359 e. The molecule has 1 atom stereocenters. The molecule has 164 valence electrons.